The lowest BCUT2D eigenvalue weighted by Crippen LogP contribution is -2.25. The predicted molar refractivity (Wildman–Crippen MR) is 71.1 cm³/mol. The fourth-order valence-electron chi connectivity index (χ4n) is 2.92. The van der Waals surface area contributed by atoms with E-state index in [9.17, 15) is 0 Å². The minimum absolute atomic E-state index is 0.719. The van der Waals surface area contributed by atoms with Crippen LogP contribution >= 0.6 is 0 Å². The molecule has 2 aliphatic rings. The van der Waals surface area contributed by atoms with Crippen LogP contribution in [-0.2, 0) is 0 Å². The van der Waals surface area contributed by atoms with Crippen LogP contribution in [0.25, 0.3) is 0 Å². The highest BCUT2D eigenvalue weighted by atomic mass is 14.3. The Hall–Kier alpha value is -1.04. The van der Waals surface area contributed by atoms with Crippen molar-refractivity contribution in [3.8, 4) is 0 Å². The lowest BCUT2D eigenvalue weighted by molar-refractivity contribution is 0.270. The SMILES string of the molecule is CC[C@@H]1C=CC=CC1C(C)[C@H]1C=CC=CC1. The summed E-state index contributed by atoms with van der Waals surface area (Å²) in [4.78, 5) is 0. The molecule has 0 saturated carbocycles. The van der Waals surface area contributed by atoms with Crippen molar-refractivity contribution in [1.82, 2.24) is 0 Å². The van der Waals surface area contributed by atoms with Gasteiger partial charge in [0.25, 0.3) is 0 Å². The summed E-state index contributed by atoms with van der Waals surface area (Å²) < 4.78 is 0. The van der Waals surface area contributed by atoms with E-state index in [0.717, 1.165) is 23.7 Å². The minimum Gasteiger partial charge on any atom is -0.0840 e. The molecule has 0 spiro atoms. The monoisotopic (exact) mass is 214 g/mol. The van der Waals surface area contributed by atoms with E-state index in [-0.39, 0.29) is 0 Å². The molecule has 2 unspecified atom stereocenters. The molecule has 0 saturated heterocycles. The van der Waals surface area contributed by atoms with Gasteiger partial charge in [-0.15, -0.1) is 0 Å². The molecule has 2 aliphatic carbocycles. The molecular formula is C16H22. The zero-order valence-electron chi connectivity index (χ0n) is 10.3. The first-order valence-corrected chi connectivity index (χ1v) is 6.51. The van der Waals surface area contributed by atoms with Crippen molar-refractivity contribution in [1.29, 1.82) is 0 Å². The average molecular weight is 214 g/mol. The molecule has 0 amide bonds. The van der Waals surface area contributed by atoms with Crippen LogP contribution < -0.4 is 0 Å². The Morgan fingerprint density at radius 2 is 1.81 bits per heavy atom. The van der Waals surface area contributed by atoms with Gasteiger partial charge in [-0.3, -0.25) is 0 Å². The smallest absolute Gasteiger partial charge is 0.0136 e. The molecule has 86 valence electrons. The summed E-state index contributed by atoms with van der Waals surface area (Å²) in [5.41, 5.74) is 0. The van der Waals surface area contributed by atoms with Crippen LogP contribution in [0, 0.1) is 23.7 Å². The molecule has 0 bridgehead atoms. The topological polar surface area (TPSA) is 0 Å². The first kappa shape index (κ1) is 11.4. The van der Waals surface area contributed by atoms with Gasteiger partial charge in [0.2, 0.25) is 0 Å². The van der Waals surface area contributed by atoms with Crippen LogP contribution in [0.3, 0.4) is 0 Å². The maximum absolute atomic E-state index is 2.41. The summed E-state index contributed by atoms with van der Waals surface area (Å²) >= 11 is 0. The second-order valence-corrected chi connectivity index (χ2v) is 4.99. The molecule has 0 aliphatic heterocycles. The normalized spacial score (nSPS) is 34.2. The van der Waals surface area contributed by atoms with Crippen molar-refractivity contribution in [3.63, 3.8) is 0 Å². The number of hydrogen-bond acceptors (Lipinski definition) is 0. The summed E-state index contributed by atoms with van der Waals surface area (Å²) in [5, 5.41) is 0. The maximum Gasteiger partial charge on any atom is -0.0136 e. The molecule has 0 aromatic rings. The molecule has 0 nitrogen and oxygen atoms in total. The second kappa shape index (κ2) is 5.34. The Labute approximate surface area is 99.4 Å². The third-order valence-electron chi connectivity index (χ3n) is 4.06. The summed E-state index contributed by atoms with van der Waals surface area (Å²) in [6.45, 7) is 4.70. The summed E-state index contributed by atoms with van der Waals surface area (Å²) in [7, 11) is 0. The van der Waals surface area contributed by atoms with Crippen LogP contribution in [0.2, 0.25) is 0 Å². The third-order valence-corrected chi connectivity index (χ3v) is 4.06. The maximum atomic E-state index is 2.41. The van der Waals surface area contributed by atoms with Gasteiger partial charge in [-0.2, -0.15) is 0 Å². The van der Waals surface area contributed by atoms with Crippen LogP contribution in [0.4, 0.5) is 0 Å². The van der Waals surface area contributed by atoms with Crippen molar-refractivity contribution in [3.05, 3.63) is 48.6 Å². The van der Waals surface area contributed by atoms with Crippen molar-refractivity contribution in [2.24, 2.45) is 23.7 Å². The highest BCUT2D eigenvalue weighted by molar-refractivity contribution is 5.18. The third kappa shape index (κ3) is 2.37. The molecule has 0 fully saturated rings. The zero-order chi connectivity index (χ0) is 11.4. The zero-order valence-corrected chi connectivity index (χ0v) is 10.3. The van der Waals surface area contributed by atoms with Gasteiger partial charge < -0.3 is 0 Å². The largest absolute Gasteiger partial charge is 0.0840 e. The molecule has 0 aromatic carbocycles. The van der Waals surface area contributed by atoms with Gasteiger partial charge in [0.15, 0.2) is 0 Å². The van der Waals surface area contributed by atoms with E-state index in [2.05, 4.69) is 62.5 Å². The summed E-state index contributed by atoms with van der Waals surface area (Å²) in [6.07, 6.45) is 20.7. The van der Waals surface area contributed by atoms with Gasteiger partial charge in [-0.1, -0.05) is 62.5 Å². The van der Waals surface area contributed by atoms with E-state index in [1.165, 1.54) is 12.8 Å². The highest BCUT2D eigenvalue weighted by Crippen LogP contribution is 2.36. The minimum atomic E-state index is 0.719. The molecule has 0 N–H and O–H groups in total. The van der Waals surface area contributed by atoms with Gasteiger partial charge in [0.1, 0.15) is 0 Å². The van der Waals surface area contributed by atoms with Crippen LogP contribution in [-0.4, -0.2) is 0 Å². The molecule has 4 atom stereocenters. The van der Waals surface area contributed by atoms with Crippen LogP contribution in [0.1, 0.15) is 26.7 Å². The van der Waals surface area contributed by atoms with E-state index >= 15 is 0 Å². The van der Waals surface area contributed by atoms with Crippen LogP contribution in [0.5, 0.6) is 0 Å². The Balaban J connectivity index is 2.05. The van der Waals surface area contributed by atoms with Crippen LogP contribution in [0.15, 0.2) is 48.6 Å². The van der Waals surface area contributed by atoms with Crippen molar-refractivity contribution >= 4 is 0 Å². The van der Waals surface area contributed by atoms with Gasteiger partial charge in [-0.05, 0) is 36.5 Å². The molecular weight excluding hydrogens is 192 g/mol. The van der Waals surface area contributed by atoms with E-state index in [4.69, 9.17) is 0 Å². The summed E-state index contributed by atoms with van der Waals surface area (Å²) in [6, 6.07) is 0. The standard InChI is InChI=1S/C16H22/c1-3-14-9-7-8-12-16(14)13(2)15-10-5-4-6-11-15/h4-10,12-16H,3,11H2,1-2H3/t13?,14-,15+,16?/m1/s1. The van der Waals surface area contributed by atoms with Crippen molar-refractivity contribution < 1.29 is 0 Å². The predicted octanol–water partition coefficient (Wildman–Crippen LogP) is 4.52. The fourth-order valence-corrected chi connectivity index (χ4v) is 2.92. The molecule has 0 aromatic heterocycles. The van der Waals surface area contributed by atoms with E-state index in [1.807, 2.05) is 0 Å². The van der Waals surface area contributed by atoms with Gasteiger partial charge >= 0.3 is 0 Å². The van der Waals surface area contributed by atoms with Crippen molar-refractivity contribution in [2.75, 3.05) is 0 Å². The molecule has 0 heteroatoms. The van der Waals surface area contributed by atoms with E-state index in [1.54, 1.807) is 0 Å². The molecule has 0 heterocycles. The quantitative estimate of drug-likeness (QED) is 0.648. The second-order valence-electron chi connectivity index (χ2n) is 4.99. The summed E-state index contributed by atoms with van der Waals surface area (Å²) in [5.74, 6) is 2.92. The Kier molecular flexibility index (Phi) is 3.82. The number of rotatable bonds is 3. The van der Waals surface area contributed by atoms with E-state index < -0.39 is 0 Å². The molecule has 2 rings (SSSR count). The molecule has 16 heavy (non-hydrogen) atoms. The first-order valence-electron chi connectivity index (χ1n) is 6.51. The Morgan fingerprint density at radius 1 is 1.06 bits per heavy atom. The van der Waals surface area contributed by atoms with E-state index in [0.29, 0.717) is 0 Å². The Bertz CT molecular complexity index is 330. The number of allylic oxidation sites excluding steroid dienone is 8. The lowest BCUT2D eigenvalue weighted by atomic mass is 9.72. The molecule has 0 radical (unpaired) electrons. The Morgan fingerprint density at radius 3 is 2.50 bits per heavy atom. The van der Waals surface area contributed by atoms with Gasteiger partial charge in [-0.25, -0.2) is 0 Å². The lowest BCUT2D eigenvalue weighted by Gasteiger charge is -2.33. The fraction of sp³-hybridized carbons (Fsp3) is 0.500. The number of hydrogen-bond donors (Lipinski definition) is 0. The van der Waals surface area contributed by atoms with Gasteiger partial charge in [0.05, 0.1) is 0 Å². The highest BCUT2D eigenvalue weighted by Gasteiger charge is 2.27. The first-order chi connectivity index (χ1) is 7.83. The average Bonchev–Trinajstić information content (AvgIpc) is 2.39. The van der Waals surface area contributed by atoms with Crippen molar-refractivity contribution in [2.45, 2.75) is 26.7 Å². The van der Waals surface area contributed by atoms with Gasteiger partial charge in [0, 0.05) is 0 Å².